The lowest BCUT2D eigenvalue weighted by Gasteiger charge is -2.35. The largest absolute Gasteiger partial charge is 0.480 e. The fourth-order valence-corrected chi connectivity index (χ4v) is 1.82. The first kappa shape index (κ1) is 17.0. The Morgan fingerprint density at radius 2 is 2.10 bits per heavy atom. The molecule has 1 heterocycles. The lowest BCUT2D eigenvalue weighted by molar-refractivity contribution is -0.139. The third kappa shape index (κ3) is 4.77. The molecule has 1 rings (SSSR count). The molecule has 0 aliphatic heterocycles. The molecule has 1 aromatic rings. The SMILES string of the molecule is CC(N(C)C(=O)N[C@H](Cc1cnc[nH]1)C(=O)O)C(C)(C)C. The number of carboxylic acid groups (broad SMARTS) is 1. The highest BCUT2D eigenvalue weighted by molar-refractivity contribution is 5.82. The van der Waals surface area contributed by atoms with Crippen LogP contribution >= 0.6 is 0 Å². The molecule has 7 nitrogen and oxygen atoms in total. The van der Waals surface area contributed by atoms with E-state index in [2.05, 4.69) is 15.3 Å². The van der Waals surface area contributed by atoms with Gasteiger partial charge in [0.15, 0.2) is 0 Å². The van der Waals surface area contributed by atoms with Crippen LogP contribution in [0.5, 0.6) is 0 Å². The Hall–Kier alpha value is -2.05. The van der Waals surface area contributed by atoms with Crippen LogP contribution in [0.3, 0.4) is 0 Å². The van der Waals surface area contributed by atoms with Crippen LogP contribution in [0.4, 0.5) is 4.79 Å². The number of aromatic amines is 1. The van der Waals surface area contributed by atoms with E-state index in [1.54, 1.807) is 13.2 Å². The molecule has 2 atom stereocenters. The van der Waals surface area contributed by atoms with Crippen molar-refractivity contribution < 1.29 is 14.7 Å². The highest BCUT2D eigenvalue weighted by Crippen LogP contribution is 2.22. The van der Waals surface area contributed by atoms with E-state index in [4.69, 9.17) is 0 Å². The molecule has 0 aromatic carbocycles. The fourth-order valence-electron chi connectivity index (χ4n) is 1.82. The number of rotatable bonds is 5. The van der Waals surface area contributed by atoms with Gasteiger partial charge in [0.25, 0.3) is 0 Å². The van der Waals surface area contributed by atoms with Crippen molar-refractivity contribution in [2.45, 2.75) is 46.2 Å². The Bertz CT molecular complexity index is 479. The number of hydrogen-bond acceptors (Lipinski definition) is 3. The molecule has 0 bridgehead atoms. The van der Waals surface area contributed by atoms with Gasteiger partial charge in [-0.25, -0.2) is 14.6 Å². The quantitative estimate of drug-likeness (QED) is 0.766. The van der Waals surface area contributed by atoms with E-state index < -0.39 is 18.0 Å². The maximum Gasteiger partial charge on any atom is 0.326 e. The molecular formula is C14H24N4O3. The topological polar surface area (TPSA) is 98.3 Å². The summed E-state index contributed by atoms with van der Waals surface area (Å²) < 4.78 is 0. The van der Waals surface area contributed by atoms with E-state index in [0.29, 0.717) is 5.69 Å². The summed E-state index contributed by atoms with van der Waals surface area (Å²) in [6, 6.07) is -1.42. The molecule has 1 unspecified atom stereocenters. The number of carboxylic acids is 1. The molecule has 1 aromatic heterocycles. The first-order valence-corrected chi connectivity index (χ1v) is 6.86. The van der Waals surface area contributed by atoms with Gasteiger partial charge in [0.1, 0.15) is 6.04 Å². The van der Waals surface area contributed by atoms with Crippen LogP contribution in [0.2, 0.25) is 0 Å². The summed E-state index contributed by atoms with van der Waals surface area (Å²) in [5.41, 5.74) is 0.572. The first-order valence-electron chi connectivity index (χ1n) is 6.86. The number of imidazole rings is 1. The number of hydrogen-bond donors (Lipinski definition) is 3. The second-order valence-electron chi connectivity index (χ2n) is 6.27. The van der Waals surface area contributed by atoms with E-state index in [9.17, 15) is 14.7 Å². The molecule has 3 N–H and O–H groups in total. The van der Waals surface area contributed by atoms with Crippen molar-refractivity contribution in [3.8, 4) is 0 Å². The Morgan fingerprint density at radius 1 is 1.48 bits per heavy atom. The van der Waals surface area contributed by atoms with Gasteiger partial charge in [0.05, 0.1) is 6.33 Å². The first-order chi connectivity index (χ1) is 9.62. The number of nitrogens with zero attached hydrogens (tertiary/aromatic N) is 2. The number of nitrogens with one attached hydrogen (secondary N) is 2. The van der Waals surface area contributed by atoms with Crippen LogP contribution in [-0.4, -0.2) is 51.1 Å². The smallest absolute Gasteiger partial charge is 0.326 e. The number of aliphatic carboxylic acids is 1. The summed E-state index contributed by atoms with van der Waals surface area (Å²) in [6.07, 6.45) is 3.19. The van der Waals surface area contributed by atoms with E-state index >= 15 is 0 Å². The molecule has 0 saturated heterocycles. The number of urea groups is 1. The highest BCUT2D eigenvalue weighted by atomic mass is 16.4. The Morgan fingerprint density at radius 3 is 2.52 bits per heavy atom. The average Bonchev–Trinajstić information content (AvgIpc) is 2.87. The normalized spacial score (nSPS) is 14.3. The third-order valence-electron chi connectivity index (χ3n) is 3.73. The Kier molecular flexibility index (Phi) is 5.34. The Balaban J connectivity index is 2.71. The minimum atomic E-state index is -1.07. The van der Waals surface area contributed by atoms with Crippen LogP contribution in [0.15, 0.2) is 12.5 Å². The number of aromatic nitrogens is 2. The van der Waals surface area contributed by atoms with Gasteiger partial charge in [-0.3, -0.25) is 0 Å². The zero-order valence-corrected chi connectivity index (χ0v) is 13.2. The third-order valence-corrected chi connectivity index (χ3v) is 3.73. The van der Waals surface area contributed by atoms with E-state index in [1.165, 1.54) is 11.2 Å². The van der Waals surface area contributed by atoms with Crippen molar-refractivity contribution in [2.24, 2.45) is 5.41 Å². The summed E-state index contributed by atoms with van der Waals surface area (Å²) in [5, 5.41) is 11.8. The van der Waals surface area contributed by atoms with Crippen LogP contribution in [0.1, 0.15) is 33.4 Å². The second-order valence-corrected chi connectivity index (χ2v) is 6.27. The molecule has 0 fully saturated rings. The number of amides is 2. The number of carbonyl (C=O) groups is 2. The molecule has 7 heteroatoms. The molecule has 0 aliphatic rings. The maximum absolute atomic E-state index is 12.2. The van der Waals surface area contributed by atoms with Gasteiger partial charge in [-0.1, -0.05) is 20.8 Å². The maximum atomic E-state index is 12.2. The summed E-state index contributed by atoms with van der Waals surface area (Å²) in [6.45, 7) is 8.02. The minimum Gasteiger partial charge on any atom is -0.480 e. The van der Waals surface area contributed by atoms with Crippen molar-refractivity contribution >= 4 is 12.0 Å². The number of carbonyl (C=O) groups excluding carboxylic acids is 1. The van der Waals surface area contributed by atoms with Crippen molar-refractivity contribution in [1.82, 2.24) is 20.2 Å². The lowest BCUT2D eigenvalue weighted by Crippen LogP contribution is -2.52. The Labute approximate surface area is 124 Å². The highest BCUT2D eigenvalue weighted by Gasteiger charge is 2.29. The number of H-pyrrole nitrogens is 1. The van der Waals surface area contributed by atoms with Crippen molar-refractivity contribution in [1.29, 1.82) is 0 Å². The molecular weight excluding hydrogens is 272 g/mol. The van der Waals surface area contributed by atoms with Gasteiger partial charge >= 0.3 is 12.0 Å². The van der Waals surface area contributed by atoms with E-state index in [1.807, 2.05) is 27.7 Å². The van der Waals surface area contributed by atoms with Gasteiger partial charge in [-0.2, -0.15) is 0 Å². The zero-order chi connectivity index (χ0) is 16.2. The summed E-state index contributed by atoms with van der Waals surface area (Å²) in [5.74, 6) is -1.07. The van der Waals surface area contributed by atoms with Gasteiger partial charge in [-0.05, 0) is 12.3 Å². The van der Waals surface area contributed by atoms with Crippen molar-refractivity contribution in [3.05, 3.63) is 18.2 Å². The molecule has 0 aliphatic carbocycles. The average molecular weight is 296 g/mol. The standard InChI is InChI=1S/C14H24N4O3/c1-9(14(2,3)4)18(5)13(21)17-11(12(19)20)6-10-7-15-8-16-10/h7-9,11H,6H2,1-5H3,(H,15,16)(H,17,21)(H,19,20)/t9?,11-/m1/s1. The molecule has 0 saturated carbocycles. The van der Waals surface area contributed by atoms with Crippen molar-refractivity contribution in [3.63, 3.8) is 0 Å². The predicted octanol–water partition coefficient (Wildman–Crippen LogP) is 1.48. The van der Waals surface area contributed by atoms with Crippen LogP contribution < -0.4 is 5.32 Å². The summed E-state index contributed by atoms with van der Waals surface area (Å²) in [7, 11) is 1.67. The van der Waals surface area contributed by atoms with Crippen molar-refractivity contribution in [2.75, 3.05) is 7.05 Å². The lowest BCUT2D eigenvalue weighted by atomic mass is 9.87. The van der Waals surface area contributed by atoms with Crippen LogP contribution in [0.25, 0.3) is 0 Å². The molecule has 118 valence electrons. The van der Waals surface area contributed by atoms with Gasteiger partial charge in [0.2, 0.25) is 0 Å². The molecule has 0 spiro atoms. The van der Waals surface area contributed by atoms with Crippen LogP contribution in [-0.2, 0) is 11.2 Å². The van der Waals surface area contributed by atoms with Gasteiger partial charge in [0, 0.05) is 31.4 Å². The predicted molar refractivity (Wildman–Crippen MR) is 78.9 cm³/mol. The van der Waals surface area contributed by atoms with E-state index in [0.717, 1.165) is 0 Å². The minimum absolute atomic E-state index is 0.0286. The fraction of sp³-hybridized carbons (Fsp3) is 0.643. The van der Waals surface area contributed by atoms with Crippen LogP contribution in [0, 0.1) is 5.41 Å². The zero-order valence-electron chi connectivity index (χ0n) is 13.2. The monoisotopic (exact) mass is 296 g/mol. The van der Waals surface area contributed by atoms with Gasteiger partial charge in [-0.15, -0.1) is 0 Å². The summed E-state index contributed by atoms with van der Waals surface area (Å²) in [4.78, 5) is 31.7. The van der Waals surface area contributed by atoms with E-state index in [-0.39, 0.29) is 17.9 Å². The molecule has 21 heavy (non-hydrogen) atoms. The van der Waals surface area contributed by atoms with Gasteiger partial charge < -0.3 is 20.3 Å². The summed E-state index contributed by atoms with van der Waals surface area (Å²) >= 11 is 0. The molecule has 2 amide bonds. The second kappa shape index (κ2) is 6.60. The molecule has 0 radical (unpaired) electrons.